The fraction of sp³-hybridized carbons (Fsp3) is 0.364. The summed E-state index contributed by atoms with van der Waals surface area (Å²) in [5.41, 5.74) is 5.28. The summed E-state index contributed by atoms with van der Waals surface area (Å²) in [4.78, 5) is 11.1. The van der Waals surface area contributed by atoms with Gasteiger partial charge in [0, 0.05) is 6.07 Å². The molecule has 0 fully saturated rings. The summed E-state index contributed by atoms with van der Waals surface area (Å²) in [6.07, 6.45) is 0. The second kappa shape index (κ2) is 6.82. The van der Waals surface area contributed by atoms with Gasteiger partial charge in [0.25, 0.3) is 0 Å². The number of nitrogens with two attached hydrogens (primary N) is 1. The second-order valence-corrected chi connectivity index (χ2v) is 3.39. The van der Waals surface area contributed by atoms with Crippen LogP contribution in [0.15, 0.2) is 24.3 Å². The number of ether oxygens (including phenoxy) is 1. The van der Waals surface area contributed by atoms with Crippen molar-refractivity contribution in [2.75, 3.05) is 19.8 Å². The highest BCUT2D eigenvalue weighted by Gasteiger charge is 2.10. The Balaban J connectivity index is 2.22. The summed E-state index contributed by atoms with van der Waals surface area (Å²) in [6.45, 7) is 0.0347. The minimum Gasteiger partial charge on any atom is -0.492 e. The number of halogens is 1. The van der Waals surface area contributed by atoms with Crippen LogP contribution in [0.3, 0.4) is 0 Å². The molecule has 4 N–H and O–H groups in total. The normalized spacial score (nSPS) is 11.9. The molecule has 0 bridgehead atoms. The van der Waals surface area contributed by atoms with Crippen molar-refractivity contribution in [3.8, 4) is 5.75 Å². The van der Waals surface area contributed by atoms with Crippen LogP contribution in [0.5, 0.6) is 5.75 Å². The first kappa shape index (κ1) is 13.4. The van der Waals surface area contributed by atoms with E-state index in [9.17, 15) is 9.18 Å². The Morgan fingerprint density at radius 1 is 1.59 bits per heavy atom. The van der Waals surface area contributed by atoms with Crippen LogP contribution in [0.4, 0.5) is 4.39 Å². The van der Waals surface area contributed by atoms with Crippen molar-refractivity contribution in [3.05, 3.63) is 30.1 Å². The molecule has 0 aromatic heterocycles. The summed E-state index contributed by atoms with van der Waals surface area (Å²) in [7, 11) is 0. The van der Waals surface area contributed by atoms with Crippen molar-refractivity contribution in [1.29, 1.82) is 0 Å². The molecule has 6 heteroatoms. The van der Waals surface area contributed by atoms with Gasteiger partial charge in [-0.3, -0.25) is 4.79 Å². The minimum atomic E-state index is -0.927. The van der Waals surface area contributed by atoms with Crippen LogP contribution in [-0.4, -0.2) is 36.8 Å². The van der Waals surface area contributed by atoms with Crippen LogP contribution >= 0.6 is 0 Å². The van der Waals surface area contributed by atoms with Gasteiger partial charge in [-0.1, -0.05) is 6.07 Å². The molecular formula is C11H15FN2O3. The molecule has 94 valence electrons. The summed E-state index contributed by atoms with van der Waals surface area (Å²) in [6, 6.07) is 4.79. The van der Waals surface area contributed by atoms with Gasteiger partial charge >= 0.3 is 0 Å². The lowest BCUT2D eigenvalue weighted by Gasteiger charge is -2.10. The first-order chi connectivity index (χ1) is 8.13. The van der Waals surface area contributed by atoms with Gasteiger partial charge < -0.3 is 20.9 Å². The molecule has 0 heterocycles. The molecule has 0 spiro atoms. The molecule has 1 rings (SSSR count). The Morgan fingerprint density at radius 3 is 3.00 bits per heavy atom. The van der Waals surface area contributed by atoms with Crippen LogP contribution in [-0.2, 0) is 4.79 Å². The van der Waals surface area contributed by atoms with Crippen LogP contribution in [0.2, 0.25) is 0 Å². The predicted octanol–water partition coefficient (Wildman–Crippen LogP) is -0.360. The van der Waals surface area contributed by atoms with E-state index in [1.165, 1.54) is 18.2 Å². The molecule has 1 aromatic carbocycles. The lowest BCUT2D eigenvalue weighted by atomic mass is 10.3. The van der Waals surface area contributed by atoms with Crippen LogP contribution in [0.25, 0.3) is 0 Å². The molecule has 17 heavy (non-hydrogen) atoms. The zero-order valence-corrected chi connectivity index (χ0v) is 9.23. The van der Waals surface area contributed by atoms with Gasteiger partial charge in [-0.25, -0.2) is 4.39 Å². The molecule has 0 saturated carbocycles. The number of carbonyl (C=O) groups excluding carboxylic acids is 1. The van der Waals surface area contributed by atoms with Crippen LogP contribution < -0.4 is 15.8 Å². The van der Waals surface area contributed by atoms with Crippen molar-refractivity contribution in [3.63, 3.8) is 0 Å². The Bertz CT molecular complexity index is 373. The van der Waals surface area contributed by atoms with E-state index in [4.69, 9.17) is 15.6 Å². The average molecular weight is 242 g/mol. The molecule has 0 aliphatic rings. The molecule has 0 radical (unpaired) electrons. The highest BCUT2D eigenvalue weighted by Crippen LogP contribution is 2.11. The zero-order chi connectivity index (χ0) is 12.7. The topological polar surface area (TPSA) is 84.6 Å². The Morgan fingerprint density at radius 2 is 2.35 bits per heavy atom. The second-order valence-electron chi connectivity index (χ2n) is 3.39. The lowest BCUT2D eigenvalue weighted by Crippen LogP contribution is -2.44. The highest BCUT2D eigenvalue weighted by atomic mass is 19.1. The molecule has 1 amide bonds. The van der Waals surface area contributed by atoms with Gasteiger partial charge in [-0.2, -0.15) is 0 Å². The molecule has 1 atom stereocenters. The fourth-order valence-corrected chi connectivity index (χ4v) is 1.11. The van der Waals surface area contributed by atoms with Crippen molar-refractivity contribution < 1.29 is 19.0 Å². The minimum absolute atomic E-state index is 0.202. The van der Waals surface area contributed by atoms with Gasteiger partial charge in [0.2, 0.25) is 5.91 Å². The van der Waals surface area contributed by atoms with E-state index >= 15 is 0 Å². The maximum atomic E-state index is 12.8. The Labute approximate surface area is 98.4 Å². The van der Waals surface area contributed by atoms with Gasteiger partial charge in [0.15, 0.2) is 0 Å². The van der Waals surface area contributed by atoms with Gasteiger partial charge in [-0.05, 0) is 12.1 Å². The summed E-state index contributed by atoms with van der Waals surface area (Å²) < 4.78 is 18.0. The maximum absolute atomic E-state index is 12.8. The number of nitrogens with one attached hydrogen (secondary N) is 1. The van der Waals surface area contributed by atoms with Crippen LogP contribution in [0.1, 0.15) is 0 Å². The number of amides is 1. The molecule has 0 saturated heterocycles. The van der Waals surface area contributed by atoms with Crippen molar-refractivity contribution in [2.24, 2.45) is 5.73 Å². The summed E-state index contributed by atoms with van der Waals surface area (Å²) in [5.74, 6) is -0.435. The highest BCUT2D eigenvalue weighted by molar-refractivity contribution is 5.81. The SMILES string of the molecule is NC(CO)C(=O)NCCOc1cccc(F)c1. The fourth-order valence-electron chi connectivity index (χ4n) is 1.11. The molecule has 5 nitrogen and oxygen atoms in total. The number of benzene rings is 1. The number of hydrogen-bond donors (Lipinski definition) is 3. The van der Waals surface area contributed by atoms with Crippen molar-refractivity contribution >= 4 is 5.91 Å². The van der Waals surface area contributed by atoms with E-state index < -0.39 is 18.6 Å². The number of aliphatic hydroxyl groups is 1. The number of hydrogen-bond acceptors (Lipinski definition) is 4. The zero-order valence-electron chi connectivity index (χ0n) is 9.23. The number of aliphatic hydroxyl groups excluding tert-OH is 1. The third-order valence-electron chi connectivity index (χ3n) is 2.00. The number of rotatable bonds is 6. The largest absolute Gasteiger partial charge is 0.492 e. The third kappa shape index (κ3) is 4.80. The van der Waals surface area contributed by atoms with E-state index in [0.29, 0.717) is 5.75 Å². The van der Waals surface area contributed by atoms with Crippen molar-refractivity contribution in [1.82, 2.24) is 5.32 Å². The van der Waals surface area contributed by atoms with E-state index in [1.807, 2.05) is 0 Å². The average Bonchev–Trinajstić information content (AvgIpc) is 2.33. The quantitative estimate of drug-likeness (QED) is 0.595. The van der Waals surface area contributed by atoms with Gasteiger partial charge in [-0.15, -0.1) is 0 Å². The third-order valence-corrected chi connectivity index (χ3v) is 2.00. The summed E-state index contributed by atoms with van der Waals surface area (Å²) >= 11 is 0. The van der Waals surface area contributed by atoms with Crippen molar-refractivity contribution in [2.45, 2.75) is 6.04 Å². The smallest absolute Gasteiger partial charge is 0.239 e. The molecule has 0 aliphatic heterocycles. The monoisotopic (exact) mass is 242 g/mol. The maximum Gasteiger partial charge on any atom is 0.239 e. The van der Waals surface area contributed by atoms with Gasteiger partial charge in [0.05, 0.1) is 13.2 Å². The van der Waals surface area contributed by atoms with Gasteiger partial charge in [0.1, 0.15) is 24.2 Å². The molecule has 1 aromatic rings. The van der Waals surface area contributed by atoms with Crippen LogP contribution in [0, 0.1) is 5.82 Å². The van der Waals surface area contributed by atoms with E-state index in [0.717, 1.165) is 0 Å². The first-order valence-corrected chi connectivity index (χ1v) is 5.16. The first-order valence-electron chi connectivity index (χ1n) is 5.16. The Kier molecular flexibility index (Phi) is 5.38. The van der Waals surface area contributed by atoms with E-state index in [1.54, 1.807) is 6.07 Å². The lowest BCUT2D eigenvalue weighted by molar-refractivity contribution is -0.123. The predicted molar refractivity (Wildman–Crippen MR) is 60.0 cm³/mol. The summed E-state index contributed by atoms with van der Waals surface area (Å²) in [5, 5.41) is 11.1. The molecule has 0 aliphatic carbocycles. The van der Waals surface area contributed by atoms with E-state index in [-0.39, 0.29) is 19.0 Å². The number of carbonyl (C=O) groups is 1. The standard InChI is InChI=1S/C11H15FN2O3/c12-8-2-1-3-9(6-8)17-5-4-14-11(16)10(13)7-15/h1-3,6,10,15H,4-5,7,13H2,(H,14,16). The van der Waals surface area contributed by atoms with E-state index in [2.05, 4.69) is 5.32 Å². The Hall–Kier alpha value is -1.66. The molecule has 1 unspecified atom stereocenters. The molecular weight excluding hydrogens is 227 g/mol.